The van der Waals surface area contributed by atoms with Gasteiger partial charge in [-0.3, -0.25) is 14.5 Å². The Hall–Kier alpha value is -2.44. The second kappa shape index (κ2) is 8.06. The highest BCUT2D eigenvalue weighted by molar-refractivity contribution is 7.80. The molecule has 5 nitrogen and oxygen atoms in total. The molecular weight excluding hydrogens is 382 g/mol. The van der Waals surface area contributed by atoms with Crippen LogP contribution >= 0.6 is 23.8 Å². The van der Waals surface area contributed by atoms with Gasteiger partial charge in [-0.1, -0.05) is 47.5 Å². The Morgan fingerprint density at radius 3 is 2.52 bits per heavy atom. The standard InChI is InChI=1S/C20H20ClN3O2S/c1-13-7-9-15(10-8-13)22-18(25)11-17-19(26)23(2)20(27)24(17)12-14-5-3-4-6-16(14)21/h3-10,17H,11-12H2,1-2H3,(H,22,25). The van der Waals surface area contributed by atoms with Gasteiger partial charge < -0.3 is 10.2 Å². The molecule has 0 radical (unpaired) electrons. The molecule has 0 aliphatic carbocycles. The SMILES string of the molecule is Cc1ccc(NC(=O)CC2C(=O)N(C)C(=S)N2Cc2ccccc2Cl)cc1. The number of hydrogen-bond donors (Lipinski definition) is 1. The molecule has 2 amide bonds. The van der Waals surface area contributed by atoms with Crippen LogP contribution in [-0.4, -0.2) is 39.8 Å². The van der Waals surface area contributed by atoms with Crippen LogP contribution in [-0.2, 0) is 16.1 Å². The average Bonchev–Trinajstić information content (AvgIpc) is 2.83. The number of halogens is 1. The molecule has 7 heteroatoms. The van der Waals surface area contributed by atoms with E-state index in [0.717, 1.165) is 11.1 Å². The van der Waals surface area contributed by atoms with Gasteiger partial charge in [0.15, 0.2) is 5.11 Å². The number of amides is 2. The molecule has 27 heavy (non-hydrogen) atoms. The smallest absolute Gasteiger partial charge is 0.251 e. The Morgan fingerprint density at radius 1 is 1.19 bits per heavy atom. The van der Waals surface area contributed by atoms with Crippen molar-refractivity contribution in [1.82, 2.24) is 9.80 Å². The lowest BCUT2D eigenvalue weighted by atomic mass is 10.1. The first-order chi connectivity index (χ1) is 12.9. The summed E-state index contributed by atoms with van der Waals surface area (Å²) in [7, 11) is 1.63. The van der Waals surface area contributed by atoms with Crippen molar-refractivity contribution in [2.24, 2.45) is 0 Å². The minimum Gasteiger partial charge on any atom is -0.332 e. The van der Waals surface area contributed by atoms with Crippen molar-refractivity contribution in [3.8, 4) is 0 Å². The van der Waals surface area contributed by atoms with E-state index in [1.165, 1.54) is 4.90 Å². The predicted octanol–water partition coefficient (Wildman–Crippen LogP) is 3.60. The monoisotopic (exact) mass is 401 g/mol. The summed E-state index contributed by atoms with van der Waals surface area (Å²) in [5, 5.41) is 3.83. The molecule has 0 spiro atoms. The Kier molecular flexibility index (Phi) is 5.77. The second-order valence-corrected chi connectivity index (χ2v) is 7.31. The zero-order chi connectivity index (χ0) is 19.6. The number of thiocarbonyl (C=S) groups is 1. The largest absolute Gasteiger partial charge is 0.332 e. The Labute approximate surface area is 168 Å². The highest BCUT2D eigenvalue weighted by Gasteiger charge is 2.41. The molecule has 1 aliphatic rings. The maximum atomic E-state index is 12.6. The normalized spacial score (nSPS) is 16.8. The van der Waals surface area contributed by atoms with Gasteiger partial charge in [-0.2, -0.15) is 0 Å². The molecule has 0 aromatic heterocycles. The summed E-state index contributed by atoms with van der Waals surface area (Å²) in [4.78, 5) is 28.3. The molecule has 1 atom stereocenters. The number of carbonyl (C=O) groups is 2. The molecule has 2 aromatic carbocycles. The molecule has 1 N–H and O–H groups in total. The topological polar surface area (TPSA) is 52.7 Å². The molecule has 1 aliphatic heterocycles. The Bertz CT molecular complexity index is 885. The fraction of sp³-hybridized carbons (Fsp3) is 0.250. The third-order valence-electron chi connectivity index (χ3n) is 4.54. The average molecular weight is 402 g/mol. The van der Waals surface area contributed by atoms with E-state index in [4.69, 9.17) is 23.8 Å². The minimum absolute atomic E-state index is 0.0155. The van der Waals surface area contributed by atoms with Crippen molar-refractivity contribution < 1.29 is 9.59 Å². The highest BCUT2D eigenvalue weighted by atomic mass is 35.5. The number of hydrogen-bond acceptors (Lipinski definition) is 3. The number of likely N-dealkylation sites (N-methyl/N-ethyl adjacent to an activating group) is 1. The number of carbonyl (C=O) groups excluding carboxylic acids is 2. The van der Waals surface area contributed by atoms with E-state index in [9.17, 15) is 9.59 Å². The molecule has 1 unspecified atom stereocenters. The van der Waals surface area contributed by atoms with Crippen molar-refractivity contribution in [2.75, 3.05) is 12.4 Å². The van der Waals surface area contributed by atoms with E-state index >= 15 is 0 Å². The van der Waals surface area contributed by atoms with Gasteiger partial charge in [-0.15, -0.1) is 0 Å². The first kappa shape index (κ1) is 19.3. The van der Waals surface area contributed by atoms with E-state index in [1.807, 2.05) is 49.4 Å². The fourth-order valence-electron chi connectivity index (χ4n) is 2.99. The van der Waals surface area contributed by atoms with Gasteiger partial charge in [-0.05, 0) is 42.9 Å². The summed E-state index contributed by atoms with van der Waals surface area (Å²) in [6.07, 6.45) is 0.0155. The first-order valence-corrected chi connectivity index (χ1v) is 9.33. The van der Waals surface area contributed by atoms with Gasteiger partial charge in [0, 0.05) is 24.3 Å². The zero-order valence-electron chi connectivity index (χ0n) is 15.1. The summed E-state index contributed by atoms with van der Waals surface area (Å²) in [5.41, 5.74) is 2.66. The van der Waals surface area contributed by atoms with Gasteiger partial charge in [0.1, 0.15) is 6.04 Å². The maximum absolute atomic E-state index is 12.6. The van der Waals surface area contributed by atoms with Gasteiger partial charge in [0.05, 0.1) is 6.42 Å². The van der Waals surface area contributed by atoms with Crippen molar-refractivity contribution in [2.45, 2.75) is 25.9 Å². The lowest BCUT2D eigenvalue weighted by Gasteiger charge is -2.24. The molecule has 2 aromatic rings. The number of nitrogens with one attached hydrogen (secondary N) is 1. The fourth-order valence-corrected chi connectivity index (χ4v) is 3.46. The van der Waals surface area contributed by atoms with Crippen LogP contribution in [0, 0.1) is 6.92 Å². The molecule has 140 valence electrons. The second-order valence-electron chi connectivity index (χ2n) is 6.53. The van der Waals surface area contributed by atoms with E-state index < -0.39 is 6.04 Å². The highest BCUT2D eigenvalue weighted by Crippen LogP contribution is 2.25. The first-order valence-electron chi connectivity index (χ1n) is 8.55. The molecule has 1 saturated heterocycles. The molecule has 1 fully saturated rings. The number of aryl methyl sites for hydroxylation is 1. The van der Waals surface area contributed by atoms with E-state index in [0.29, 0.717) is 22.4 Å². The van der Waals surface area contributed by atoms with Gasteiger partial charge >= 0.3 is 0 Å². The van der Waals surface area contributed by atoms with Crippen LogP contribution in [0.1, 0.15) is 17.5 Å². The molecule has 3 rings (SSSR count). The van der Waals surface area contributed by atoms with Gasteiger partial charge in [0.2, 0.25) is 5.91 Å². The number of anilines is 1. The third-order valence-corrected chi connectivity index (χ3v) is 5.41. The van der Waals surface area contributed by atoms with Crippen molar-refractivity contribution in [3.05, 3.63) is 64.7 Å². The summed E-state index contributed by atoms with van der Waals surface area (Å²) in [6, 6.07) is 14.3. The molecule has 1 heterocycles. The molecule has 0 bridgehead atoms. The van der Waals surface area contributed by atoms with E-state index in [1.54, 1.807) is 18.0 Å². The number of nitrogens with zero attached hydrogens (tertiary/aromatic N) is 2. The van der Waals surface area contributed by atoms with Gasteiger partial charge in [-0.25, -0.2) is 0 Å². The summed E-state index contributed by atoms with van der Waals surface area (Å²) < 4.78 is 0. The lowest BCUT2D eigenvalue weighted by molar-refractivity contribution is -0.130. The zero-order valence-corrected chi connectivity index (χ0v) is 16.7. The summed E-state index contributed by atoms with van der Waals surface area (Å²) in [6.45, 7) is 2.35. The Balaban J connectivity index is 1.75. The maximum Gasteiger partial charge on any atom is 0.251 e. The van der Waals surface area contributed by atoms with Crippen LogP contribution in [0.4, 0.5) is 5.69 Å². The predicted molar refractivity (Wildman–Crippen MR) is 111 cm³/mol. The van der Waals surface area contributed by atoms with Crippen molar-refractivity contribution in [3.63, 3.8) is 0 Å². The Morgan fingerprint density at radius 2 is 1.85 bits per heavy atom. The van der Waals surface area contributed by atoms with Crippen LogP contribution in [0.15, 0.2) is 48.5 Å². The minimum atomic E-state index is -0.649. The third kappa shape index (κ3) is 4.28. The van der Waals surface area contributed by atoms with Crippen LogP contribution in [0.3, 0.4) is 0 Å². The van der Waals surface area contributed by atoms with Crippen LogP contribution in [0.2, 0.25) is 5.02 Å². The number of rotatable bonds is 5. The summed E-state index contributed by atoms with van der Waals surface area (Å²) >= 11 is 11.7. The van der Waals surface area contributed by atoms with Crippen molar-refractivity contribution in [1.29, 1.82) is 0 Å². The van der Waals surface area contributed by atoms with Crippen LogP contribution in [0.5, 0.6) is 0 Å². The number of benzene rings is 2. The summed E-state index contributed by atoms with van der Waals surface area (Å²) in [5.74, 6) is -0.425. The quantitative estimate of drug-likeness (QED) is 0.778. The van der Waals surface area contributed by atoms with Crippen molar-refractivity contribution >= 4 is 46.4 Å². The lowest BCUT2D eigenvalue weighted by Crippen LogP contribution is -2.37. The van der Waals surface area contributed by atoms with Gasteiger partial charge in [0.25, 0.3) is 5.91 Å². The van der Waals surface area contributed by atoms with Crippen LogP contribution < -0.4 is 5.32 Å². The molecular formula is C20H20ClN3O2S. The van der Waals surface area contributed by atoms with E-state index in [2.05, 4.69) is 5.32 Å². The van der Waals surface area contributed by atoms with Crippen LogP contribution in [0.25, 0.3) is 0 Å². The van der Waals surface area contributed by atoms with E-state index in [-0.39, 0.29) is 18.2 Å². The molecule has 0 saturated carbocycles.